The molecule has 172 valence electrons. The highest BCUT2D eigenvalue weighted by Crippen LogP contribution is 2.44. The van der Waals surface area contributed by atoms with Crippen molar-refractivity contribution in [3.63, 3.8) is 0 Å². The van der Waals surface area contributed by atoms with Crippen LogP contribution in [0.25, 0.3) is 22.3 Å². The zero-order valence-corrected chi connectivity index (χ0v) is 19.8. The lowest BCUT2D eigenvalue weighted by molar-refractivity contribution is 0.0686. The van der Waals surface area contributed by atoms with E-state index in [9.17, 15) is 19.8 Å². The fourth-order valence-corrected chi connectivity index (χ4v) is 4.68. The van der Waals surface area contributed by atoms with E-state index in [1.807, 2.05) is 24.3 Å². The number of hydrogen-bond acceptors (Lipinski definition) is 2. The summed E-state index contributed by atoms with van der Waals surface area (Å²) >= 11 is 0. The molecule has 0 heterocycles. The number of aryl methyl sites for hydroxylation is 1. The first kappa shape index (κ1) is 24.2. The monoisotopic (exact) mass is 444 g/mol. The van der Waals surface area contributed by atoms with Gasteiger partial charge in [-0.05, 0) is 69.8 Å². The Balaban J connectivity index is 2.60. The zero-order valence-electron chi connectivity index (χ0n) is 19.8. The molecule has 0 aliphatic rings. The Hall–Kier alpha value is -3.40. The van der Waals surface area contributed by atoms with Crippen LogP contribution in [0.4, 0.5) is 0 Å². The van der Waals surface area contributed by atoms with Gasteiger partial charge in [0.1, 0.15) is 0 Å². The number of benzene rings is 3. The quantitative estimate of drug-likeness (QED) is 0.359. The van der Waals surface area contributed by atoms with E-state index in [1.54, 1.807) is 24.3 Å². The lowest BCUT2D eigenvalue weighted by atomic mass is 9.78. The molecule has 0 radical (unpaired) electrons. The number of hydrogen-bond donors (Lipinski definition) is 2. The smallest absolute Gasteiger partial charge is 0.336 e. The molecule has 0 aromatic heterocycles. The molecular weight excluding hydrogens is 412 g/mol. The van der Waals surface area contributed by atoms with Crippen LogP contribution in [-0.4, -0.2) is 22.2 Å². The number of rotatable bonds is 9. The zero-order chi connectivity index (χ0) is 24.1. The lowest BCUT2D eigenvalue weighted by Crippen LogP contribution is -2.10. The van der Waals surface area contributed by atoms with Crippen LogP contribution >= 0.6 is 0 Å². The van der Waals surface area contributed by atoms with Crippen LogP contribution < -0.4 is 0 Å². The number of aromatic carboxylic acids is 2. The van der Waals surface area contributed by atoms with Crippen molar-refractivity contribution in [2.45, 2.75) is 59.3 Å². The Morgan fingerprint density at radius 1 is 0.758 bits per heavy atom. The van der Waals surface area contributed by atoms with E-state index in [2.05, 4.69) is 33.8 Å². The van der Waals surface area contributed by atoms with E-state index in [0.717, 1.165) is 47.9 Å². The number of carboxylic acids is 2. The van der Waals surface area contributed by atoms with E-state index < -0.39 is 11.9 Å². The third kappa shape index (κ3) is 4.85. The van der Waals surface area contributed by atoms with Gasteiger partial charge in [-0.15, -0.1) is 0 Å². The summed E-state index contributed by atoms with van der Waals surface area (Å²) in [5.74, 6) is -1.73. The molecule has 3 aromatic carbocycles. The van der Waals surface area contributed by atoms with Crippen LogP contribution in [0, 0.1) is 0 Å². The molecule has 0 atom stereocenters. The molecule has 0 aliphatic carbocycles. The Bertz CT molecular complexity index is 1170. The first-order chi connectivity index (χ1) is 15.8. The van der Waals surface area contributed by atoms with Crippen molar-refractivity contribution in [2.75, 3.05) is 0 Å². The molecule has 0 amide bonds. The minimum Gasteiger partial charge on any atom is -0.478 e. The molecule has 0 saturated heterocycles. The van der Waals surface area contributed by atoms with Crippen LogP contribution in [0.3, 0.4) is 0 Å². The fourth-order valence-electron chi connectivity index (χ4n) is 4.68. The molecule has 0 spiro atoms. The molecule has 0 saturated carbocycles. The summed E-state index contributed by atoms with van der Waals surface area (Å²) in [6.07, 6.45) is 3.35. The van der Waals surface area contributed by atoms with Crippen molar-refractivity contribution in [2.24, 2.45) is 0 Å². The topological polar surface area (TPSA) is 74.6 Å². The highest BCUT2D eigenvalue weighted by Gasteiger charge is 2.26. The average molecular weight is 445 g/mol. The van der Waals surface area contributed by atoms with Crippen molar-refractivity contribution in [1.82, 2.24) is 0 Å². The first-order valence-corrected chi connectivity index (χ1v) is 11.7. The lowest BCUT2D eigenvalue weighted by Gasteiger charge is -2.26. The maximum Gasteiger partial charge on any atom is 0.336 e. The van der Waals surface area contributed by atoms with Crippen LogP contribution in [0.15, 0.2) is 54.6 Å². The molecule has 2 N–H and O–H groups in total. The largest absolute Gasteiger partial charge is 0.478 e. The Labute approximate surface area is 195 Å². The molecule has 4 heteroatoms. The van der Waals surface area contributed by atoms with Gasteiger partial charge in [-0.2, -0.15) is 0 Å². The van der Waals surface area contributed by atoms with Crippen molar-refractivity contribution in [3.8, 4) is 22.3 Å². The third-order valence-electron chi connectivity index (χ3n) is 6.05. The normalized spacial score (nSPS) is 11.1. The summed E-state index contributed by atoms with van der Waals surface area (Å²) < 4.78 is 0. The molecule has 0 unspecified atom stereocenters. The molecule has 3 rings (SSSR count). The highest BCUT2D eigenvalue weighted by atomic mass is 16.4. The van der Waals surface area contributed by atoms with E-state index in [4.69, 9.17) is 0 Å². The van der Waals surface area contributed by atoms with Gasteiger partial charge in [0.15, 0.2) is 0 Å². The van der Waals surface area contributed by atoms with E-state index >= 15 is 0 Å². The Morgan fingerprint density at radius 3 is 1.70 bits per heavy atom. The van der Waals surface area contributed by atoms with Gasteiger partial charge >= 0.3 is 11.9 Å². The molecule has 4 nitrogen and oxygen atoms in total. The summed E-state index contributed by atoms with van der Waals surface area (Å²) in [6.45, 7) is 8.53. The third-order valence-corrected chi connectivity index (χ3v) is 6.05. The van der Waals surface area contributed by atoms with E-state index in [1.165, 1.54) is 5.56 Å². The van der Waals surface area contributed by atoms with Gasteiger partial charge in [-0.1, -0.05) is 83.0 Å². The van der Waals surface area contributed by atoms with Crippen molar-refractivity contribution >= 4 is 11.9 Å². The second kappa shape index (κ2) is 10.5. The van der Waals surface area contributed by atoms with E-state index in [0.29, 0.717) is 11.1 Å². The van der Waals surface area contributed by atoms with Crippen molar-refractivity contribution in [1.29, 1.82) is 0 Å². The highest BCUT2D eigenvalue weighted by molar-refractivity contribution is 6.04. The van der Waals surface area contributed by atoms with Gasteiger partial charge in [-0.3, -0.25) is 0 Å². The molecular formula is C29H32O4. The Kier molecular flexibility index (Phi) is 7.70. The minimum atomic E-state index is -0.990. The van der Waals surface area contributed by atoms with Crippen LogP contribution in [0.2, 0.25) is 0 Å². The SMILES string of the molecule is CCCc1cc(C(C)C)c(CCC)c(-c2ccccc2C(=O)O)c1-c1ccccc1C(=O)O. The first-order valence-electron chi connectivity index (χ1n) is 11.7. The van der Waals surface area contributed by atoms with E-state index in [-0.39, 0.29) is 17.0 Å². The van der Waals surface area contributed by atoms with Gasteiger partial charge in [0.05, 0.1) is 11.1 Å². The van der Waals surface area contributed by atoms with Gasteiger partial charge in [0.2, 0.25) is 0 Å². The summed E-state index contributed by atoms with van der Waals surface area (Å²) in [7, 11) is 0. The second-order valence-corrected chi connectivity index (χ2v) is 8.71. The van der Waals surface area contributed by atoms with Gasteiger partial charge in [0.25, 0.3) is 0 Å². The standard InChI is InChI=1S/C29H32O4/c1-5-11-19-17-25(18(3)4)20(12-6-2)27(22-14-8-10-16-24(22)29(32)33)26(19)21-13-7-9-15-23(21)28(30)31/h7-10,13-18H,5-6,11-12H2,1-4H3,(H,30,31)(H,32,33). The molecule has 0 bridgehead atoms. The Morgan fingerprint density at radius 2 is 1.24 bits per heavy atom. The molecule has 33 heavy (non-hydrogen) atoms. The van der Waals surface area contributed by atoms with Crippen molar-refractivity contribution < 1.29 is 19.8 Å². The predicted octanol–water partition coefficient (Wildman–Crippen LogP) is 7.45. The van der Waals surface area contributed by atoms with Gasteiger partial charge in [-0.25, -0.2) is 9.59 Å². The molecule has 0 fully saturated rings. The molecule has 3 aromatic rings. The molecule has 0 aliphatic heterocycles. The maximum absolute atomic E-state index is 12.2. The number of carbonyl (C=O) groups is 2. The maximum atomic E-state index is 12.2. The predicted molar refractivity (Wildman–Crippen MR) is 133 cm³/mol. The van der Waals surface area contributed by atoms with Gasteiger partial charge < -0.3 is 10.2 Å². The number of carboxylic acid groups (broad SMARTS) is 2. The average Bonchev–Trinajstić information content (AvgIpc) is 2.79. The summed E-state index contributed by atoms with van der Waals surface area (Å²) in [6, 6.07) is 16.3. The second-order valence-electron chi connectivity index (χ2n) is 8.71. The van der Waals surface area contributed by atoms with Crippen LogP contribution in [-0.2, 0) is 12.8 Å². The summed E-state index contributed by atoms with van der Waals surface area (Å²) in [5.41, 5.74) is 6.80. The van der Waals surface area contributed by atoms with Gasteiger partial charge in [0, 0.05) is 0 Å². The van der Waals surface area contributed by atoms with Crippen molar-refractivity contribution in [3.05, 3.63) is 82.4 Å². The minimum absolute atomic E-state index is 0.226. The fraction of sp³-hybridized carbons (Fsp3) is 0.310. The summed E-state index contributed by atoms with van der Waals surface area (Å²) in [5, 5.41) is 20.0. The van der Waals surface area contributed by atoms with Crippen LogP contribution in [0.1, 0.15) is 83.9 Å². The van der Waals surface area contributed by atoms with Crippen LogP contribution in [0.5, 0.6) is 0 Å². The summed E-state index contributed by atoms with van der Waals surface area (Å²) in [4.78, 5) is 24.4.